The van der Waals surface area contributed by atoms with Crippen molar-refractivity contribution in [1.29, 1.82) is 0 Å². The van der Waals surface area contributed by atoms with Crippen LogP contribution in [-0.2, 0) is 25.4 Å². The number of rotatable bonds is 4. The van der Waals surface area contributed by atoms with Gasteiger partial charge in [0, 0.05) is 0 Å². The molecule has 0 saturated heterocycles. The Morgan fingerprint density at radius 1 is 0.679 bits per heavy atom. The third-order valence-corrected chi connectivity index (χ3v) is 4.17. The zero-order valence-electron chi connectivity index (χ0n) is 17.3. The van der Waals surface area contributed by atoms with Gasteiger partial charge in [-0.2, -0.15) is 0 Å². The van der Waals surface area contributed by atoms with Gasteiger partial charge in [0.05, 0.1) is 52.9 Å². The minimum atomic E-state index is 0.468. The van der Waals surface area contributed by atoms with Crippen molar-refractivity contribution in [3.8, 4) is 11.5 Å². The summed E-state index contributed by atoms with van der Waals surface area (Å²) < 4.78 is 33.8. The van der Waals surface area contributed by atoms with Gasteiger partial charge in [-0.25, -0.2) is 0 Å². The van der Waals surface area contributed by atoms with E-state index in [2.05, 4.69) is 31.1 Å². The minimum absolute atomic E-state index is 0.468. The maximum atomic E-state index is 5.94. The van der Waals surface area contributed by atoms with Crippen LogP contribution in [0.25, 0.3) is 0 Å². The third-order valence-electron chi connectivity index (χ3n) is 4.17. The third kappa shape index (κ3) is 10.2. The molecule has 0 aliphatic carbocycles. The van der Waals surface area contributed by atoms with E-state index < -0.39 is 0 Å². The predicted molar refractivity (Wildman–Crippen MR) is 108 cm³/mol. The van der Waals surface area contributed by atoms with Gasteiger partial charge in [-0.15, -0.1) is 0 Å². The average Bonchev–Trinajstić information content (AvgIpc) is 2.68. The Morgan fingerprint density at radius 3 is 1.71 bits per heavy atom. The number of hydrogen-bond acceptors (Lipinski definition) is 7. The van der Waals surface area contributed by atoms with E-state index in [9.17, 15) is 0 Å². The first-order chi connectivity index (χ1) is 13.8. The number of ether oxygens (including phenoxy) is 6. The topological polar surface area (TPSA) is 58.6 Å². The van der Waals surface area contributed by atoms with Crippen LogP contribution < -0.4 is 9.47 Å². The van der Waals surface area contributed by atoms with Crippen LogP contribution in [0.5, 0.6) is 11.5 Å². The maximum absolute atomic E-state index is 5.94. The van der Waals surface area contributed by atoms with Crippen LogP contribution in [0.15, 0.2) is 18.2 Å². The maximum Gasteiger partial charge on any atom is 0.161 e. The lowest BCUT2D eigenvalue weighted by molar-refractivity contribution is -0.00842. The lowest BCUT2D eigenvalue weighted by atomic mass is 10.1. The number of benzene rings is 1. The van der Waals surface area contributed by atoms with E-state index in [1.165, 1.54) is 5.56 Å². The normalized spacial score (nSPS) is 18.4. The van der Waals surface area contributed by atoms with E-state index >= 15 is 0 Å². The molecular weight excluding hydrogens is 362 g/mol. The summed E-state index contributed by atoms with van der Waals surface area (Å²) in [6.45, 7) is 6.32. The zero-order valence-corrected chi connectivity index (χ0v) is 17.3. The summed E-state index contributed by atoms with van der Waals surface area (Å²) in [6.07, 6.45) is 2.11. The van der Waals surface area contributed by atoms with Crippen LogP contribution in [-0.4, -0.2) is 91.6 Å². The molecule has 0 N–H and O–H groups in total. The van der Waals surface area contributed by atoms with Crippen LogP contribution in [0, 0.1) is 0 Å². The molecule has 1 aliphatic rings. The Hall–Kier alpha value is -1.38. The monoisotopic (exact) mass is 397 g/mol. The Balaban J connectivity index is 1.90. The second kappa shape index (κ2) is 14.6. The first-order valence-corrected chi connectivity index (χ1v) is 10.1. The van der Waals surface area contributed by atoms with Crippen LogP contribution in [0.2, 0.25) is 0 Å². The van der Waals surface area contributed by atoms with Crippen molar-refractivity contribution in [2.24, 2.45) is 0 Å². The number of fused-ring (bicyclic) bond motifs is 1. The molecule has 0 aromatic heterocycles. The smallest absolute Gasteiger partial charge is 0.161 e. The van der Waals surface area contributed by atoms with E-state index in [-0.39, 0.29) is 0 Å². The highest BCUT2D eigenvalue weighted by atomic mass is 16.6. The van der Waals surface area contributed by atoms with Crippen molar-refractivity contribution in [1.82, 2.24) is 4.90 Å². The Morgan fingerprint density at radius 2 is 1.18 bits per heavy atom. The average molecular weight is 398 g/mol. The molecule has 0 spiro atoms. The number of hydrogen-bond donors (Lipinski definition) is 0. The van der Waals surface area contributed by atoms with Crippen LogP contribution >= 0.6 is 0 Å². The summed E-state index contributed by atoms with van der Waals surface area (Å²) in [7, 11) is 4.18. The predicted octanol–water partition coefficient (Wildman–Crippen LogP) is 2.02. The van der Waals surface area contributed by atoms with Gasteiger partial charge in [0.25, 0.3) is 0 Å². The molecule has 0 bridgehead atoms. The quantitative estimate of drug-likeness (QED) is 0.770. The number of nitrogens with zero attached hydrogens (tertiary/aromatic N) is 1. The van der Waals surface area contributed by atoms with Gasteiger partial charge in [-0.3, -0.25) is 0 Å². The van der Waals surface area contributed by atoms with Gasteiger partial charge in [-0.05, 0) is 51.2 Å². The fraction of sp³-hybridized carbons (Fsp3) is 0.714. The molecule has 0 saturated carbocycles. The Kier molecular flexibility index (Phi) is 11.9. The summed E-state index contributed by atoms with van der Waals surface area (Å²) in [4.78, 5) is 2.19. The van der Waals surface area contributed by atoms with E-state index in [4.69, 9.17) is 28.4 Å². The van der Waals surface area contributed by atoms with E-state index in [1.807, 2.05) is 6.07 Å². The van der Waals surface area contributed by atoms with E-state index in [0.717, 1.165) is 30.9 Å². The van der Waals surface area contributed by atoms with Crippen molar-refractivity contribution in [3.63, 3.8) is 0 Å². The molecule has 1 heterocycles. The molecule has 0 atom stereocenters. The molecule has 0 amide bonds. The molecule has 7 heteroatoms. The van der Waals surface area contributed by atoms with Crippen molar-refractivity contribution < 1.29 is 28.4 Å². The summed E-state index contributed by atoms with van der Waals surface area (Å²) in [5.41, 5.74) is 1.24. The summed E-state index contributed by atoms with van der Waals surface area (Å²) >= 11 is 0. The standard InChI is InChI=1S/C21H35NO6/c1-22(2)7-3-4-19-5-6-20-21(18-19)28-17-15-26-13-11-24-9-8-23-10-12-25-14-16-27-20/h5-6,18H,3-4,7-17H2,1-2H3. The van der Waals surface area contributed by atoms with Crippen molar-refractivity contribution in [2.75, 3.05) is 86.7 Å². The minimum Gasteiger partial charge on any atom is -0.487 e. The SMILES string of the molecule is CN(C)CCCc1ccc2c(c1)OCCOCCOCCOCCOCCO2. The fourth-order valence-corrected chi connectivity index (χ4v) is 2.72. The number of aryl methyl sites for hydroxylation is 1. The van der Waals surface area contributed by atoms with Gasteiger partial charge < -0.3 is 33.3 Å². The lowest BCUT2D eigenvalue weighted by Gasteiger charge is -2.15. The highest BCUT2D eigenvalue weighted by molar-refractivity contribution is 5.43. The van der Waals surface area contributed by atoms with Crippen molar-refractivity contribution in [3.05, 3.63) is 23.8 Å². The summed E-state index contributed by atoms with van der Waals surface area (Å²) in [5, 5.41) is 0. The van der Waals surface area contributed by atoms with E-state index in [0.29, 0.717) is 66.1 Å². The largest absolute Gasteiger partial charge is 0.487 e. The van der Waals surface area contributed by atoms with Gasteiger partial charge in [-0.1, -0.05) is 6.07 Å². The highest BCUT2D eigenvalue weighted by Gasteiger charge is 2.08. The van der Waals surface area contributed by atoms with Gasteiger partial charge in [0.1, 0.15) is 13.2 Å². The molecule has 28 heavy (non-hydrogen) atoms. The Bertz CT molecular complexity index is 526. The first-order valence-electron chi connectivity index (χ1n) is 10.1. The molecule has 0 radical (unpaired) electrons. The van der Waals surface area contributed by atoms with Crippen LogP contribution in [0.3, 0.4) is 0 Å². The molecule has 2 rings (SSSR count). The lowest BCUT2D eigenvalue weighted by Crippen LogP contribution is -2.16. The molecule has 7 nitrogen and oxygen atoms in total. The Labute approximate surface area is 168 Å². The molecule has 1 aromatic carbocycles. The first kappa shape index (κ1) is 22.9. The van der Waals surface area contributed by atoms with Gasteiger partial charge >= 0.3 is 0 Å². The highest BCUT2D eigenvalue weighted by Crippen LogP contribution is 2.29. The molecule has 0 unspecified atom stereocenters. The van der Waals surface area contributed by atoms with Crippen LogP contribution in [0.1, 0.15) is 12.0 Å². The van der Waals surface area contributed by atoms with Gasteiger partial charge in [0.15, 0.2) is 11.5 Å². The summed E-state index contributed by atoms with van der Waals surface area (Å²) in [5.74, 6) is 1.49. The second-order valence-corrected chi connectivity index (χ2v) is 6.83. The molecular formula is C21H35NO6. The second-order valence-electron chi connectivity index (χ2n) is 6.83. The van der Waals surface area contributed by atoms with Crippen LogP contribution in [0.4, 0.5) is 0 Å². The molecule has 0 fully saturated rings. The van der Waals surface area contributed by atoms with Crippen molar-refractivity contribution in [2.45, 2.75) is 12.8 Å². The van der Waals surface area contributed by atoms with Gasteiger partial charge in [0.2, 0.25) is 0 Å². The zero-order chi connectivity index (χ0) is 19.9. The van der Waals surface area contributed by atoms with Crippen molar-refractivity contribution >= 4 is 0 Å². The molecule has 1 aliphatic heterocycles. The fourth-order valence-electron chi connectivity index (χ4n) is 2.72. The van der Waals surface area contributed by atoms with E-state index in [1.54, 1.807) is 0 Å². The molecule has 1 aromatic rings. The molecule has 160 valence electrons. The summed E-state index contributed by atoms with van der Waals surface area (Å²) in [6, 6.07) is 6.16.